The second-order valence-corrected chi connectivity index (χ2v) is 9.85. The highest BCUT2D eigenvalue weighted by Gasteiger charge is 2.23. The smallest absolute Gasteiger partial charge is 0.219 e. The van der Waals surface area contributed by atoms with E-state index in [1.807, 2.05) is 4.90 Å². The summed E-state index contributed by atoms with van der Waals surface area (Å²) in [6.07, 6.45) is 3.91. The minimum absolute atomic E-state index is 0.101. The number of nitrogens with two attached hydrogens (primary N) is 1. The Kier molecular flexibility index (Phi) is 7.51. The number of fused-ring (bicyclic) bond motifs is 1. The lowest BCUT2D eigenvalue weighted by Crippen LogP contribution is -2.41. The molecule has 1 saturated heterocycles. The lowest BCUT2D eigenvalue weighted by atomic mass is 10.0. The van der Waals surface area contributed by atoms with Crippen molar-refractivity contribution in [2.75, 3.05) is 37.2 Å². The molecule has 0 radical (unpaired) electrons. The number of nitrogens with one attached hydrogen (secondary N) is 1. The number of aromatic nitrogens is 3. The fraction of sp³-hybridized carbons (Fsp3) is 0.591. The van der Waals surface area contributed by atoms with E-state index in [-0.39, 0.29) is 24.2 Å². The molecule has 0 aromatic carbocycles. The van der Waals surface area contributed by atoms with Gasteiger partial charge in [0.05, 0.1) is 11.8 Å². The van der Waals surface area contributed by atoms with Crippen molar-refractivity contribution in [3.8, 4) is 0 Å². The summed E-state index contributed by atoms with van der Waals surface area (Å²) in [6, 6.07) is 1.88. The first kappa shape index (κ1) is 23.5. The van der Waals surface area contributed by atoms with Gasteiger partial charge in [-0.05, 0) is 19.3 Å². The number of carbonyl (C=O) groups excluding carboxylic acids is 2. The summed E-state index contributed by atoms with van der Waals surface area (Å²) in [5.74, 6) is 0.606. The van der Waals surface area contributed by atoms with Crippen LogP contribution >= 0.6 is 11.3 Å². The molecule has 4 N–H and O–H groups in total. The van der Waals surface area contributed by atoms with Gasteiger partial charge in [0.25, 0.3) is 0 Å². The molecule has 0 unspecified atom stereocenters. The predicted octanol–water partition coefficient (Wildman–Crippen LogP) is 1.32. The number of rotatable bonds is 8. The number of Topliss-reactive ketones (excluding diaryl/α,β-unsaturated/α-hetero) is 1. The Hall–Kier alpha value is -2.63. The van der Waals surface area contributed by atoms with Gasteiger partial charge in [0.15, 0.2) is 10.9 Å². The molecule has 1 atom stereocenters. The molecule has 2 aromatic rings. The third kappa shape index (κ3) is 6.24. The van der Waals surface area contributed by atoms with E-state index < -0.39 is 6.10 Å². The molecule has 4 heterocycles. The average Bonchev–Trinajstić information content (AvgIpc) is 3.17. The third-order valence-electron chi connectivity index (χ3n) is 6.25. The molecular weight excluding hydrogens is 442 g/mol. The van der Waals surface area contributed by atoms with Gasteiger partial charge in [0, 0.05) is 69.5 Å². The van der Waals surface area contributed by atoms with Gasteiger partial charge in [0.2, 0.25) is 5.91 Å². The molecule has 33 heavy (non-hydrogen) atoms. The van der Waals surface area contributed by atoms with Gasteiger partial charge in [-0.15, -0.1) is 11.3 Å². The Morgan fingerprint density at radius 2 is 2.09 bits per heavy atom. The number of hydrogen-bond acceptors (Lipinski definition) is 10. The van der Waals surface area contributed by atoms with Crippen LogP contribution in [-0.4, -0.2) is 79.9 Å². The minimum atomic E-state index is -0.591. The minimum Gasteiger partial charge on any atom is -0.392 e. The number of β-amino-alcohol motifs (C(OH)–C–C–N with tert-alkyl or cyclic N) is 1. The van der Waals surface area contributed by atoms with Gasteiger partial charge in [-0.2, -0.15) is 0 Å². The Morgan fingerprint density at radius 3 is 2.85 bits per heavy atom. The summed E-state index contributed by atoms with van der Waals surface area (Å²) in [5, 5.41) is 14.4. The van der Waals surface area contributed by atoms with Crippen molar-refractivity contribution in [2.45, 2.75) is 57.7 Å². The van der Waals surface area contributed by atoms with Gasteiger partial charge in [-0.3, -0.25) is 14.5 Å². The van der Waals surface area contributed by atoms with Gasteiger partial charge in [0.1, 0.15) is 17.8 Å². The molecule has 1 amide bonds. The maximum atomic E-state index is 12.7. The molecule has 1 fully saturated rings. The first-order valence-corrected chi connectivity index (χ1v) is 12.2. The topological polar surface area (TPSA) is 138 Å². The van der Waals surface area contributed by atoms with E-state index in [0.717, 1.165) is 56.0 Å². The van der Waals surface area contributed by atoms with E-state index in [9.17, 15) is 14.7 Å². The number of aliphatic hydroxyl groups excluding tert-OH is 1. The van der Waals surface area contributed by atoms with Crippen LogP contribution in [0.25, 0.3) is 0 Å². The van der Waals surface area contributed by atoms with Crippen LogP contribution in [0.1, 0.15) is 53.7 Å². The highest BCUT2D eigenvalue weighted by atomic mass is 32.1. The van der Waals surface area contributed by atoms with Crippen LogP contribution in [0.5, 0.6) is 0 Å². The van der Waals surface area contributed by atoms with Crippen LogP contribution in [0.15, 0.2) is 12.4 Å². The van der Waals surface area contributed by atoms with Crippen molar-refractivity contribution in [1.82, 2.24) is 24.8 Å². The first-order chi connectivity index (χ1) is 15.9. The molecule has 178 valence electrons. The first-order valence-electron chi connectivity index (χ1n) is 11.4. The Morgan fingerprint density at radius 1 is 1.30 bits per heavy atom. The predicted molar refractivity (Wildman–Crippen MR) is 126 cm³/mol. The van der Waals surface area contributed by atoms with Gasteiger partial charge < -0.3 is 21.1 Å². The van der Waals surface area contributed by atoms with Crippen LogP contribution in [-0.2, 0) is 17.8 Å². The van der Waals surface area contributed by atoms with Crippen molar-refractivity contribution in [2.24, 2.45) is 0 Å². The zero-order valence-electron chi connectivity index (χ0n) is 18.9. The lowest BCUT2D eigenvalue weighted by molar-refractivity contribution is -0.129. The number of nitrogen functional groups attached to an aromatic ring is 1. The second-order valence-electron chi connectivity index (χ2n) is 8.74. The van der Waals surface area contributed by atoms with Gasteiger partial charge >= 0.3 is 0 Å². The van der Waals surface area contributed by atoms with E-state index in [1.54, 1.807) is 13.0 Å². The number of amides is 1. The molecule has 2 aliphatic rings. The van der Waals surface area contributed by atoms with Crippen molar-refractivity contribution in [1.29, 1.82) is 0 Å². The molecule has 0 bridgehead atoms. The fourth-order valence-electron chi connectivity index (χ4n) is 4.38. The number of nitrogens with zero attached hydrogens (tertiary/aromatic N) is 5. The number of piperidine rings is 1. The lowest BCUT2D eigenvalue weighted by Gasteiger charge is -2.31. The second kappa shape index (κ2) is 10.5. The Bertz CT molecular complexity index is 990. The number of carbonyl (C=O) groups is 2. The van der Waals surface area contributed by atoms with Crippen molar-refractivity contribution in [3.63, 3.8) is 0 Å². The summed E-state index contributed by atoms with van der Waals surface area (Å²) >= 11 is 1.50. The summed E-state index contributed by atoms with van der Waals surface area (Å²) in [6.45, 7) is 5.11. The van der Waals surface area contributed by atoms with E-state index in [2.05, 4.69) is 25.2 Å². The van der Waals surface area contributed by atoms with E-state index in [0.29, 0.717) is 29.6 Å². The summed E-state index contributed by atoms with van der Waals surface area (Å²) in [7, 11) is 0. The molecular formula is C22H31N7O3S. The number of thiazole rings is 1. The fourth-order valence-corrected chi connectivity index (χ4v) is 5.30. The summed E-state index contributed by atoms with van der Waals surface area (Å²) in [5.41, 5.74) is 7.21. The summed E-state index contributed by atoms with van der Waals surface area (Å²) < 4.78 is 0. The van der Waals surface area contributed by atoms with Crippen molar-refractivity contribution in [3.05, 3.63) is 28.7 Å². The molecule has 11 heteroatoms. The van der Waals surface area contributed by atoms with Gasteiger partial charge in [-0.25, -0.2) is 15.0 Å². The van der Waals surface area contributed by atoms with Gasteiger partial charge in [-0.1, -0.05) is 0 Å². The number of hydrogen-bond donors (Lipinski definition) is 3. The molecule has 0 saturated carbocycles. The largest absolute Gasteiger partial charge is 0.392 e. The molecule has 4 rings (SSSR count). The number of anilines is 2. The van der Waals surface area contributed by atoms with Crippen LogP contribution in [0.3, 0.4) is 0 Å². The Labute approximate surface area is 197 Å². The van der Waals surface area contributed by atoms with Crippen LogP contribution < -0.4 is 11.1 Å². The molecule has 0 spiro atoms. The van der Waals surface area contributed by atoms with E-state index in [1.165, 1.54) is 17.7 Å². The zero-order valence-corrected chi connectivity index (χ0v) is 19.7. The Balaban J connectivity index is 1.23. The summed E-state index contributed by atoms with van der Waals surface area (Å²) in [4.78, 5) is 42.0. The molecule has 10 nitrogen and oxygen atoms in total. The molecule has 2 aromatic heterocycles. The standard InChI is InChI=1S/C22H31N7O3S/c1-14(30)29-8-4-15(5-9-29)26-21-10-18(24-13-25-21)19(32)3-2-16(31)11-28-7-6-17-20(12-28)33-22(23)27-17/h10,13,15-16,31H,2-9,11-12H2,1H3,(H2,23,27)(H,24,25,26)/t16-/m0/s1. The number of aliphatic hydroxyl groups is 1. The van der Waals surface area contributed by atoms with E-state index >= 15 is 0 Å². The highest BCUT2D eigenvalue weighted by Crippen LogP contribution is 2.26. The van der Waals surface area contributed by atoms with Crippen LogP contribution in [0.2, 0.25) is 0 Å². The maximum absolute atomic E-state index is 12.7. The normalized spacial score (nSPS) is 18.1. The SMILES string of the molecule is CC(=O)N1CCC(Nc2cc(C(=O)CC[C@H](O)CN3CCc4nc(N)sc4C3)ncn2)CC1. The average molecular weight is 474 g/mol. The van der Waals surface area contributed by atoms with Crippen molar-refractivity contribution >= 4 is 34.0 Å². The quantitative estimate of drug-likeness (QED) is 0.485. The zero-order chi connectivity index (χ0) is 23.4. The third-order valence-corrected chi connectivity index (χ3v) is 7.16. The molecule has 2 aliphatic heterocycles. The maximum Gasteiger partial charge on any atom is 0.219 e. The van der Waals surface area contributed by atoms with E-state index in [4.69, 9.17) is 5.73 Å². The number of likely N-dealkylation sites (tertiary alicyclic amines) is 1. The number of ketones is 1. The highest BCUT2D eigenvalue weighted by molar-refractivity contribution is 7.15. The van der Waals surface area contributed by atoms with Crippen molar-refractivity contribution < 1.29 is 14.7 Å². The van der Waals surface area contributed by atoms with Crippen LogP contribution in [0, 0.1) is 0 Å². The van der Waals surface area contributed by atoms with Crippen LogP contribution in [0.4, 0.5) is 10.9 Å². The monoisotopic (exact) mass is 473 g/mol. The molecule has 0 aliphatic carbocycles.